The lowest BCUT2D eigenvalue weighted by atomic mass is 10.1. The summed E-state index contributed by atoms with van der Waals surface area (Å²) in [4.78, 5) is 26.1. The summed E-state index contributed by atoms with van der Waals surface area (Å²) in [5.74, 6) is -0.524. The van der Waals surface area contributed by atoms with Crippen molar-refractivity contribution in [3.05, 3.63) is 89.2 Å². The smallest absolute Gasteiger partial charge is 0.261 e. The Hall–Kier alpha value is -3.65. The van der Waals surface area contributed by atoms with Gasteiger partial charge in [0, 0.05) is 11.9 Å². The van der Waals surface area contributed by atoms with Gasteiger partial charge >= 0.3 is 0 Å². The number of rotatable bonds is 3. The molecule has 0 saturated carbocycles. The fourth-order valence-corrected chi connectivity index (χ4v) is 3.02. The zero-order valence-corrected chi connectivity index (χ0v) is 13.2. The van der Waals surface area contributed by atoms with Gasteiger partial charge in [0.15, 0.2) is 0 Å². The highest BCUT2D eigenvalue weighted by Gasteiger charge is 2.34. The summed E-state index contributed by atoms with van der Waals surface area (Å²) in [7, 11) is 0. The first-order chi connectivity index (χ1) is 12.2. The molecule has 1 aliphatic rings. The predicted molar refractivity (Wildman–Crippen MR) is 91.1 cm³/mol. The lowest BCUT2D eigenvalue weighted by molar-refractivity contribution is 0.0642. The van der Waals surface area contributed by atoms with Gasteiger partial charge in [-0.3, -0.25) is 14.5 Å². The minimum absolute atomic E-state index is 0.226. The van der Waals surface area contributed by atoms with Crippen molar-refractivity contribution in [2.24, 2.45) is 0 Å². The highest BCUT2D eigenvalue weighted by molar-refractivity contribution is 6.21. The molecule has 5 nitrogen and oxygen atoms in total. The lowest BCUT2D eigenvalue weighted by Gasteiger charge is -2.14. The van der Waals surface area contributed by atoms with Crippen LogP contribution in [0.3, 0.4) is 0 Å². The van der Waals surface area contributed by atoms with Crippen LogP contribution in [-0.4, -0.2) is 21.3 Å². The summed E-state index contributed by atoms with van der Waals surface area (Å²) in [6.07, 6.45) is 1.82. The second-order valence-corrected chi connectivity index (χ2v) is 5.78. The molecule has 0 aliphatic carbocycles. The van der Waals surface area contributed by atoms with E-state index in [9.17, 15) is 9.59 Å². The van der Waals surface area contributed by atoms with E-state index in [1.165, 1.54) is 4.90 Å². The van der Waals surface area contributed by atoms with E-state index >= 15 is 0 Å². The summed E-state index contributed by atoms with van der Waals surface area (Å²) >= 11 is 0. The Kier molecular flexibility index (Phi) is 3.44. The first-order valence-electron chi connectivity index (χ1n) is 7.81. The summed E-state index contributed by atoms with van der Waals surface area (Å²) < 4.78 is 1.78. The number of fused-ring (bicyclic) bond motifs is 1. The monoisotopic (exact) mass is 327 g/mol. The molecule has 2 heterocycles. The maximum Gasteiger partial charge on any atom is 0.261 e. The number of nitrogens with zero attached hydrogens (tertiary/aromatic N) is 3. The molecule has 1 aromatic heterocycles. The molecule has 2 aromatic carbocycles. The predicted octanol–water partition coefficient (Wildman–Crippen LogP) is 3.15. The van der Waals surface area contributed by atoms with Gasteiger partial charge in [-0.15, -0.1) is 0 Å². The number of amides is 2. The van der Waals surface area contributed by atoms with E-state index in [0.717, 1.165) is 11.3 Å². The quantitative estimate of drug-likeness (QED) is 0.694. The third kappa shape index (κ3) is 2.41. The molecule has 0 saturated heterocycles. The fraction of sp³-hybridized carbons (Fsp3) is 0.0500. The SMILES string of the molecule is N#Cc1cccn1-c1ccc(CN2C(=O)c3ccccc3C2=O)cc1. The van der Waals surface area contributed by atoms with Crippen molar-refractivity contribution in [1.82, 2.24) is 9.47 Å². The van der Waals surface area contributed by atoms with Crippen LogP contribution in [0.5, 0.6) is 0 Å². The van der Waals surface area contributed by atoms with Gasteiger partial charge < -0.3 is 4.57 Å². The van der Waals surface area contributed by atoms with Crippen molar-refractivity contribution in [3.8, 4) is 11.8 Å². The number of imide groups is 1. The van der Waals surface area contributed by atoms with E-state index in [-0.39, 0.29) is 18.4 Å². The first-order valence-corrected chi connectivity index (χ1v) is 7.81. The molecule has 5 heteroatoms. The van der Waals surface area contributed by atoms with E-state index in [0.29, 0.717) is 16.8 Å². The highest BCUT2D eigenvalue weighted by Crippen LogP contribution is 2.24. The number of hydrogen-bond donors (Lipinski definition) is 0. The maximum absolute atomic E-state index is 12.4. The van der Waals surface area contributed by atoms with Crippen LogP contribution in [-0.2, 0) is 6.54 Å². The molecule has 0 atom stereocenters. The van der Waals surface area contributed by atoms with Gasteiger partial charge in [-0.25, -0.2) is 0 Å². The van der Waals surface area contributed by atoms with Crippen molar-refractivity contribution < 1.29 is 9.59 Å². The Morgan fingerprint density at radius 1 is 0.840 bits per heavy atom. The Bertz CT molecular complexity index is 991. The third-order valence-electron chi connectivity index (χ3n) is 4.30. The van der Waals surface area contributed by atoms with Gasteiger partial charge in [-0.2, -0.15) is 5.26 Å². The van der Waals surface area contributed by atoms with Gasteiger partial charge in [0.05, 0.1) is 17.7 Å². The first kappa shape index (κ1) is 14.9. The molecule has 2 amide bonds. The van der Waals surface area contributed by atoms with E-state index in [1.807, 2.05) is 36.5 Å². The topological polar surface area (TPSA) is 66.1 Å². The second kappa shape index (κ2) is 5.77. The molecule has 0 radical (unpaired) electrons. The molecule has 0 bridgehead atoms. The Morgan fingerprint density at radius 3 is 2.08 bits per heavy atom. The van der Waals surface area contributed by atoms with Gasteiger partial charge in [-0.05, 0) is 42.0 Å². The maximum atomic E-state index is 12.4. The average Bonchev–Trinajstić information content (AvgIpc) is 3.22. The normalized spacial score (nSPS) is 13.0. The van der Waals surface area contributed by atoms with Crippen molar-refractivity contribution in [3.63, 3.8) is 0 Å². The Balaban J connectivity index is 1.58. The summed E-state index contributed by atoms with van der Waals surface area (Å²) in [6.45, 7) is 0.226. The van der Waals surface area contributed by atoms with E-state index in [4.69, 9.17) is 5.26 Å². The zero-order valence-electron chi connectivity index (χ0n) is 13.2. The molecular weight excluding hydrogens is 314 g/mol. The van der Waals surface area contributed by atoms with E-state index in [2.05, 4.69) is 6.07 Å². The minimum Gasteiger partial charge on any atom is -0.308 e. The number of carbonyl (C=O) groups excluding carboxylic acids is 2. The van der Waals surface area contributed by atoms with E-state index in [1.54, 1.807) is 34.9 Å². The Labute approximate surface area is 144 Å². The molecule has 25 heavy (non-hydrogen) atoms. The number of carbonyl (C=O) groups is 2. The molecule has 3 aromatic rings. The van der Waals surface area contributed by atoms with Crippen molar-refractivity contribution in [2.75, 3.05) is 0 Å². The van der Waals surface area contributed by atoms with Crippen LogP contribution in [0.2, 0.25) is 0 Å². The van der Waals surface area contributed by atoms with Crippen molar-refractivity contribution in [2.45, 2.75) is 6.54 Å². The van der Waals surface area contributed by atoms with Crippen LogP contribution in [0.1, 0.15) is 32.0 Å². The van der Waals surface area contributed by atoms with Gasteiger partial charge in [0.1, 0.15) is 11.8 Å². The number of nitriles is 1. The van der Waals surface area contributed by atoms with Gasteiger partial charge in [-0.1, -0.05) is 24.3 Å². The molecule has 0 unspecified atom stereocenters. The summed E-state index contributed by atoms with van der Waals surface area (Å²) in [5, 5.41) is 9.10. The van der Waals surface area contributed by atoms with Crippen LogP contribution in [0.15, 0.2) is 66.9 Å². The van der Waals surface area contributed by atoms with Crippen molar-refractivity contribution in [1.29, 1.82) is 5.26 Å². The fourth-order valence-electron chi connectivity index (χ4n) is 3.02. The van der Waals surface area contributed by atoms with Crippen LogP contribution in [0.4, 0.5) is 0 Å². The van der Waals surface area contributed by atoms with Crippen LogP contribution >= 0.6 is 0 Å². The molecule has 4 rings (SSSR count). The Morgan fingerprint density at radius 2 is 1.48 bits per heavy atom. The molecule has 1 aliphatic heterocycles. The third-order valence-corrected chi connectivity index (χ3v) is 4.30. The van der Waals surface area contributed by atoms with Gasteiger partial charge in [0.2, 0.25) is 0 Å². The van der Waals surface area contributed by atoms with Crippen LogP contribution < -0.4 is 0 Å². The molecule has 0 fully saturated rings. The second-order valence-electron chi connectivity index (χ2n) is 5.78. The highest BCUT2D eigenvalue weighted by atomic mass is 16.2. The summed E-state index contributed by atoms with van der Waals surface area (Å²) in [6, 6.07) is 20.0. The van der Waals surface area contributed by atoms with Crippen molar-refractivity contribution >= 4 is 11.8 Å². The molecular formula is C20H13N3O2. The van der Waals surface area contributed by atoms with Crippen LogP contribution in [0.25, 0.3) is 5.69 Å². The average molecular weight is 327 g/mol. The molecule has 0 N–H and O–H groups in total. The number of hydrogen-bond acceptors (Lipinski definition) is 3. The largest absolute Gasteiger partial charge is 0.308 e. The minimum atomic E-state index is -0.262. The number of aromatic nitrogens is 1. The number of benzene rings is 2. The van der Waals surface area contributed by atoms with E-state index < -0.39 is 0 Å². The lowest BCUT2D eigenvalue weighted by Crippen LogP contribution is -2.29. The summed E-state index contributed by atoms with van der Waals surface area (Å²) in [5.41, 5.74) is 3.16. The van der Waals surface area contributed by atoms with Gasteiger partial charge in [0.25, 0.3) is 11.8 Å². The molecule has 120 valence electrons. The zero-order chi connectivity index (χ0) is 17.4. The standard InChI is InChI=1S/C20H13N3O2/c21-12-16-4-3-11-22(16)15-9-7-14(8-10-15)13-23-19(24)17-5-1-2-6-18(17)20(23)25/h1-11H,13H2. The van der Waals surface area contributed by atoms with Crippen LogP contribution in [0, 0.1) is 11.3 Å². The molecule has 0 spiro atoms.